The molecule has 1 aliphatic rings. The van der Waals surface area contributed by atoms with Crippen molar-refractivity contribution in [3.8, 4) is 5.75 Å². The van der Waals surface area contributed by atoms with Crippen molar-refractivity contribution in [2.24, 2.45) is 0 Å². The molecule has 2 aromatic rings. The third-order valence-electron chi connectivity index (χ3n) is 4.78. The lowest BCUT2D eigenvalue weighted by Crippen LogP contribution is -2.33. The summed E-state index contributed by atoms with van der Waals surface area (Å²) in [6.07, 6.45) is 0.782. The third kappa shape index (κ3) is 3.33. The molecule has 0 N–H and O–H groups in total. The van der Waals surface area contributed by atoms with Crippen molar-refractivity contribution in [2.75, 3.05) is 13.7 Å². The SMILES string of the molecule is CCCN1C(=O)C[C@H](S(=O)(=O)c2ccccc2)[C@H]1c1ccc(OC)cc1. The van der Waals surface area contributed by atoms with Gasteiger partial charge >= 0.3 is 0 Å². The summed E-state index contributed by atoms with van der Waals surface area (Å²) in [5.41, 5.74) is 0.814. The molecule has 2 aromatic carbocycles. The van der Waals surface area contributed by atoms with Crippen LogP contribution >= 0.6 is 0 Å². The largest absolute Gasteiger partial charge is 0.497 e. The van der Waals surface area contributed by atoms with Gasteiger partial charge < -0.3 is 9.64 Å². The van der Waals surface area contributed by atoms with E-state index in [1.807, 2.05) is 19.1 Å². The molecule has 1 saturated heterocycles. The Kier molecular flexibility index (Phi) is 5.32. The van der Waals surface area contributed by atoms with Crippen LogP contribution in [0.4, 0.5) is 0 Å². The van der Waals surface area contributed by atoms with Crippen LogP contribution in [0.25, 0.3) is 0 Å². The fourth-order valence-corrected chi connectivity index (χ4v) is 5.41. The topological polar surface area (TPSA) is 63.7 Å². The van der Waals surface area contributed by atoms with E-state index < -0.39 is 21.1 Å². The highest BCUT2D eigenvalue weighted by Crippen LogP contribution is 2.40. The van der Waals surface area contributed by atoms with Gasteiger partial charge in [0.05, 0.1) is 23.3 Å². The molecule has 5 nitrogen and oxygen atoms in total. The fourth-order valence-electron chi connectivity index (χ4n) is 3.52. The highest BCUT2D eigenvalue weighted by molar-refractivity contribution is 7.92. The highest BCUT2D eigenvalue weighted by atomic mass is 32.2. The number of sulfone groups is 1. The molecule has 3 rings (SSSR count). The van der Waals surface area contributed by atoms with Gasteiger partial charge in [-0.15, -0.1) is 0 Å². The smallest absolute Gasteiger partial charge is 0.224 e. The molecule has 0 spiro atoms. The Bertz CT molecular complexity index is 862. The van der Waals surface area contributed by atoms with Crippen LogP contribution < -0.4 is 4.74 Å². The zero-order valence-corrected chi connectivity index (χ0v) is 15.8. The molecule has 6 heteroatoms. The first-order valence-corrected chi connectivity index (χ1v) is 10.3. The molecule has 26 heavy (non-hydrogen) atoms. The van der Waals surface area contributed by atoms with Crippen molar-refractivity contribution >= 4 is 15.7 Å². The fraction of sp³-hybridized carbons (Fsp3) is 0.350. The maximum Gasteiger partial charge on any atom is 0.224 e. The van der Waals surface area contributed by atoms with Crippen LogP contribution in [0.3, 0.4) is 0 Å². The molecule has 0 unspecified atom stereocenters. The van der Waals surface area contributed by atoms with Gasteiger partial charge in [-0.2, -0.15) is 0 Å². The van der Waals surface area contributed by atoms with E-state index in [1.54, 1.807) is 54.5 Å². The molecule has 2 atom stereocenters. The first-order chi connectivity index (χ1) is 12.5. The van der Waals surface area contributed by atoms with Gasteiger partial charge in [-0.25, -0.2) is 8.42 Å². The summed E-state index contributed by atoms with van der Waals surface area (Å²) in [6, 6.07) is 15.2. The minimum Gasteiger partial charge on any atom is -0.497 e. The van der Waals surface area contributed by atoms with Gasteiger partial charge in [0, 0.05) is 13.0 Å². The monoisotopic (exact) mass is 373 g/mol. The van der Waals surface area contributed by atoms with E-state index in [9.17, 15) is 13.2 Å². The van der Waals surface area contributed by atoms with Crippen molar-refractivity contribution in [3.05, 3.63) is 60.2 Å². The van der Waals surface area contributed by atoms with Crippen LogP contribution in [0.2, 0.25) is 0 Å². The minimum atomic E-state index is -3.63. The van der Waals surface area contributed by atoms with Gasteiger partial charge in [0.1, 0.15) is 5.75 Å². The van der Waals surface area contributed by atoms with E-state index in [4.69, 9.17) is 4.74 Å². The molecule has 1 fully saturated rings. The Morgan fingerprint density at radius 3 is 2.31 bits per heavy atom. The Morgan fingerprint density at radius 2 is 1.73 bits per heavy atom. The van der Waals surface area contributed by atoms with Gasteiger partial charge in [-0.05, 0) is 36.2 Å². The molecule has 1 aliphatic heterocycles. The number of ether oxygens (including phenoxy) is 1. The standard InChI is InChI=1S/C20H23NO4S/c1-3-13-21-19(22)14-18(26(23,24)17-7-5-4-6-8-17)20(21)15-9-11-16(25-2)12-10-15/h4-12,18,20H,3,13-14H2,1-2H3/t18-,20+/m0/s1. The lowest BCUT2D eigenvalue weighted by molar-refractivity contribution is -0.129. The van der Waals surface area contributed by atoms with Gasteiger partial charge in [0.2, 0.25) is 5.91 Å². The Hall–Kier alpha value is -2.34. The van der Waals surface area contributed by atoms with Crippen molar-refractivity contribution in [3.63, 3.8) is 0 Å². The van der Waals surface area contributed by atoms with Crippen LogP contribution in [0.5, 0.6) is 5.75 Å². The second kappa shape index (κ2) is 7.50. The number of amides is 1. The molecular formula is C20H23NO4S. The second-order valence-electron chi connectivity index (χ2n) is 6.41. The number of rotatable bonds is 6. The van der Waals surface area contributed by atoms with Crippen LogP contribution in [0.15, 0.2) is 59.5 Å². The minimum absolute atomic E-state index is 0.00786. The number of carbonyl (C=O) groups excluding carboxylic acids is 1. The molecule has 138 valence electrons. The highest BCUT2D eigenvalue weighted by Gasteiger charge is 2.47. The first kappa shape index (κ1) is 18.5. The number of nitrogens with zero attached hydrogens (tertiary/aromatic N) is 1. The predicted molar refractivity (Wildman–Crippen MR) is 99.8 cm³/mol. The number of hydrogen-bond acceptors (Lipinski definition) is 4. The van der Waals surface area contributed by atoms with Crippen molar-refractivity contribution in [1.29, 1.82) is 0 Å². The van der Waals surface area contributed by atoms with Gasteiger partial charge in [-0.1, -0.05) is 37.3 Å². The van der Waals surface area contributed by atoms with E-state index in [1.165, 1.54) is 0 Å². The van der Waals surface area contributed by atoms with E-state index in [0.29, 0.717) is 12.3 Å². The van der Waals surface area contributed by atoms with E-state index in [-0.39, 0.29) is 17.2 Å². The van der Waals surface area contributed by atoms with E-state index in [0.717, 1.165) is 12.0 Å². The van der Waals surface area contributed by atoms with Gasteiger partial charge in [-0.3, -0.25) is 4.79 Å². The number of hydrogen-bond donors (Lipinski definition) is 0. The summed E-state index contributed by atoms with van der Waals surface area (Å²) in [5.74, 6) is 0.583. The molecule has 0 bridgehead atoms. The maximum atomic E-state index is 13.2. The Balaban J connectivity index is 2.06. The molecule has 1 heterocycles. The predicted octanol–water partition coefficient (Wildman–Crippen LogP) is 3.22. The lowest BCUT2D eigenvalue weighted by Gasteiger charge is -2.28. The van der Waals surface area contributed by atoms with Crippen molar-refractivity contribution in [2.45, 2.75) is 36.0 Å². The van der Waals surface area contributed by atoms with Crippen LogP contribution in [-0.4, -0.2) is 38.1 Å². The summed E-state index contributed by atoms with van der Waals surface area (Å²) in [6.45, 7) is 2.52. The molecular weight excluding hydrogens is 350 g/mol. The molecule has 0 radical (unpaired) electrons. The summed E-state index contributed by atoms with van der Waals surface area (Å²) < 4.78 is 31.7. The summed E-state index contributed by atoms with van der Waals surface area (Å²) in [5, 5.41) is -0.794. The summed E-state index contributed by atoms with van der Waals surface area (Å²) >= 11 is 0. The van der Waals surface area contributed by atoms with Gasteiger partial charge in [0.15, 0.2) is 9.84 Å². The second-order valence-corrected chi connectivity index (χ2v) is 8.57. The normalized spacial score (nSPS) is 20.4. The van der Waals surface area contributed by atoms with Gasteiger partial charge in [0.25, 0.3) is 0 Å². The zero-order chi connectivity index (χ0) is 18.7. The Morgan fingerprint density at radius 1 is 1.08 bits per heavy atom. The lowest BCUT2D eigenvalue weighted by atomic mass is 10.0. The summed E-state index contributed by atoms with van der Waals surface area (Å²) in [4.78, 5) is 14.6. The van der Waals surface area contributed by atoms with Crippen molar-refractivity contribution < 1.29 is 17.9 Å². The van der Waals surface area contributed by atoms with Crippen molar-refractivity contribution in [1.82, 2.24) is 4.90 Å². The quantitative estimate of drug-likeness (QED) is 0.780. The maximum absolute atomic E-state index is 13.2. The first-order valence-electron chi connectivity index (χ1n) is 8.71. The average molecular weight is 373 g/mol. The molecule has 0 aromatic heterocycles. The third-order valence-corrected chi connectivity index (χ3v) is 6.93. The van der Waals surface area contributed by atoms with Crippen LogP contribution in [0.1, 0.15) is 31.4 Å². The van der Waals surface area contributed by atoms with Crippen LogP contribution in [-0.2, 0) is 14.6 Å². The summed E-state index contributed by atoms with van der Waals surface area (Å²) in [7, 11) is -2.05. The van der Waals surface area contributed by atoms with E-state index in [2.05, 4.69) is 0 Å². The Labute approximate surface area is 154 Å². The zero-order valence-electron chi connectivity index (χ0n) is 15.0. The number of benzene rings is 2. The number of carbonyl (C=O) groups is 1. The molecule has 0 aliphatic carbocycles. The average Bonchev–Trinajstić information content (AvgIpc) is 3.00. The van der Waals surface area contributed by atoms with Crippen LogP contribution in [0, 0.1) is 0 Å². The molecule has 0 saturated carbocycles. The number of likely N-dealkylation sites (tertiary alicyclic amines) is 1. The van der Waals surface area contributed by atoms with E-state index >= 15 is 0 Å². The number of methoxy groups -OCH3 is 1. The molecule has 1 amide bonds.